The van der Waals surface area contributed by atoms with Gasteiger partial charge in [0.1, 0.15) is 5.75 Å². The third kappa shape index (κ3) is 4.40. The molecular weight excluding hydrogens is 259 g/mol. The zero-order valence-electron chi connectivity index (χ0n) is 10.5. The van der Waals surface area contributed by atoms with Gasteiger partial charge in [0.25, 0.3) is 0 Å². The van der Waals surface area contributed by atoms with E-state index in [1.54, 1.807) is 12.1 Å². The molecule has 1 aliphatic heterocycles. The van der Waals surface area contributed by atoms with Crippen molar-refractivity contribution in [1.29, 1.82) is 0 Å². The van der Waals surface area contributed by atoms with E-state index >= 15 is 0 Å². The molecule has 0 radical (unpaired) electrons. The first-order chi connectivity index (χ1) is 8.94. The molecule has 0 spiro atoms. The van der Waals surface area contributed by atoms with Crippen LogP contribution in [0.25, 0.3) is 0 Å². The number of alkyl halides is 3. The summed E-state index contributed by atoms with van der Waals surface area (Å²) < 4.78 is 45.2. The molecule has 1 aromatic rings. The average Bonchev–Trinajstić information content (AvgIpc) is 2.80. The van der Waals surface area contributed by atoms with Crippen LogP contribution in [-0.2, 0) is 4.74 Å². The van der Waals surface area contributed by atoms with E-state index in [9.17, 15) is 13.2 Å². The molecule has 1 saturated heterocycles. The summed E-state index contributed by atoms with van der Waals surface area (Å²) >= 11 is 0. The summed E-state index contributed by atoms with van der Waals surface area (Å²) in [5, 5.41) is 3.37. The van der Waals surface area contributed by atoms with Crippen molar-refractivity contribution >= 4 is 0 Å². The Balaban J connectivity index is 1.93. The summed E-state index contributed by atoms with van der Waals surface area (Å²) in [6.07, 6.45) is -3.69. The topological polar surface area (TPSA) is 30.5 Å². The van der Waals surface area contributed by atoms with Gasteiger partial charge in [0, 0.05) is 18.7 Å². The number of nitrogens with one attached hydrogen (secondary N) is 1. The Morgan fingerprint density at radius 1 is 1.32 bits per heavy atom. The summed E-state index contributed by atoms with van der Waals surface area (Å²) in [4.78, 5) is 0. The maximum atomic E-state index is 12.0. The van der Waals surface area contributed by atoms with E-state index < -0.39 is 6.36 Å². The van der Waals surface area contributed by atoms with Gasteiger partial charge in [0.05, 0.1) is 6.61 Å². The Morgan fingerprint density at radius 2 is 2.00 bits per heavy atom. The van der Waals surface area contributed by atoms with Crippen LogP contribution in [0, 0.1) is 0 Å². The van der Waals surface area contributed by atoms with Crippen LogP contribution < -0.4 is 10.1 Å². The van der Waals surface area contributed by atoms with Crippen LogP contribution >= 0.6 is 0 Å². The van der Waals surface area contributed by atoms with Gasteiger partial charge in [-0.15, -0.1) is 13.2 Å². The van der Waals surface area contributed by atoms with E-state index in [1.165, 1.54) is 12.1 Å². The third-order valence-electron chi connectivity index (χ3n) is 3.03. The Hall–Kier alpha value is -1.27. The van der Waals surface area contributed by atoms with E-state index in [2.05, 4.69) is 10.1 Å². The second-order valence-electron chi connectivity index (χ2n) is 4.57. The van der Waals surface area contributed by atoms with Crippen LogP contribution in [0.15, 0.2) is 24.3 Å². The predicted octanol–water partition coefficient (Wildman–Crippen LogP) is 3.02. The minimum Gasteiger partial charge on any atom is -0.406 e. The van der Waals surface area contributed by atoms with Gasteiger partial charge in [0.15, 0.2) is 0 Å². The maximum Gasteiger partial charge on any atom is 0.573 e. The quantitative estimate of drug-likeness (QED) is 0.916. The van der Waals surface area contributed by atoms with Crippen molar-refractivity contribution in [2.24, 2.45) is 0 Å². The van der Waals surface area contributed by atoms with Gasteiger partial charge in [-0.2, -0.15) is 0 Å². The molecule has 1 aliphatic rings. The first kappa shape index (κ1) is 14.1. The van der Waals surface area contributed by atoms with Crippen molar-refractivity contribution in [1.82, 2.24) is 5.32 Å². The molecule has 2 atom stereocenters. The minimum atomic E-state index is -4.65. The largest absolute Gasteiger partial charge is 0.573 e. The van der Waals surface area contributed by atoms with Crippen LogP contribution in [0.4, 0.5) is 13.2 Å². The number of hydrogen-bond acceptors (Lipinski definition) is 3. The van der Waals surface area contributed by atoms with Crippen molar-refractivity contribution in [3.63, 3.8) is 0 Å². The third-order valence-corrected chi connectivity index (χ3v) is 3.03. The summed E-state index contributed by atoms with van der Waals surface area (Å²) in [5.74, 6) is -0.201. The minimum absolute atomic E-state index is 0.0617. The highest BCUT2D eigenvalue weighted by Gasteiger charge is 2.31. The molecule has 6 heteroatoms. The lowest BCUT2D eigenvalue weighted by Crippen LogP contribution is -2.31. The van der Waals surface area contributed by atoms with Crippen LogP contribution in [0.3, 0.4) is 0 Å². The number of ether oxygens (including phenoxy) is 2. The van der Waals surface area contributed by atoms with Crippen molar-refractivity contribution in [3.05, 3.63) is 29.8 Å². The standard InChI is InChI=1S/C13H16F3NO2/c1-9(17-11-6-7-18-8-11)10-2-4-12(5-3-10)19-13(14,15)16/h2-5,9,11,17H,6-8H2,1H3. The van der Waals surface area contributed by atoms with E-state index in [0.717, 1.165) is 18.6 Å². The van der Waals surface area contributed by atoms with Crippen molar-refractivity contribution in [2.45, 2.75) is 31.8 Å². The van der Waals surface area contributed by atoms with Crippen LogP contribution in [0.5, 0.6) is 5.75 Å². The molecule has 2 rings (SSSR count). The van der Waals surface area contributed by atoms with Gasteiger partial charge in [-0.3, -0.25) is 0 Å². The highest BCUT2D eigenvalue weighted by atomic mass is 19.4. The number of benzene rings is 1. The van der Waals surface area contributed by atoms with Gasteiger partial charge in [0.2, 0.25) is 0 Å². The molecule has 106 valence electrons. The highest BCUT2D eigenvalue weighted by Crippen LogP contribution is 2.24. The average molecular weight is 275 g/mol. The summed E-state index contributed by atoms with van der Waals surface area (Å²) in [5.41, 5.74) is 0.918. The van der Waals surface area contributed by atoms with Crippen LogP contribution in [0.2, 0.25) is 0 Å². The number of hydrogen-bond donors (Lipinski definition) is 1. The SMILES string of the molecule is CC(NC1CCOC1)c1ccc(OC(F)(F)F)cc1. The van der Waals surface area contributed by atoms with Crippen molar-refractivity contribution in [3.8, 4) is 5.75 Å². The second kappa shape index (κ2) is 5.79. The van der Waals surface area contributed by atoms with E-state index in [-0.39, 0.29) is 11.8 Å². The molecule has 1 N–H and O–H groups in total. The molecule has 0 bridgehead atoms. The maximum absolute atomic E-state index is 12.0. The van der Waals surface area contributed by atoms with E-state index in [0.29, 0.717) is 12.6 Å². The molecule has 1 aromatic carbocycles. The lowest BCUT2D eigenvalue weighted by Gasteiger charge is -2.19. The van der Waals surface area contributed by atoms with Gasteiger partial charge < -0.3 is 14.8 Å². The Morgan fingerprint density at radius 3 is 2.53 bits per heavy atom. The van der Waals surface area contributed by atoms with Gasteiger partial charge in [-0.1, -0.05) is 12.1 Å². The normalized spacial score (nSPS) is 21.4. The fourth-order valence-electron chi connectivity index (χ4n) is 2.07. The zero-order valence-corrected chi connectivity index (χ0v) is 10.5. The summed E-state index contributed by atoms with van der Waals surface area (Å²) in [7, 11) is 0. The molecule has 0 saturated carbocycles. The smallest absolute Gasteiger partial charge is 0.406 e. The van der Waals surface area contributed by atoms with Crippen LogP contribution in [-0.4, -0.2) is 25.6 Å². The number of halogens is 3. The monoisotopic (exact) mass is 275 g/mol. The predicted molar refractivity (Wildman–Crippen MR) is 63.9 cm³/mol. The van der Waals surface area contributed by atoms with Crippen molar-refractivity contribution < 1.29 is 22.6 Å². The first-order valence-corrected chi connectivity index (χ1v) is 6.13. The molecule has 0 amide bonds. The lowest BCUT2D eigenvalue weighted by molar-refractivity contribution is -0.274. The van der Waals surface area contributed by atoms with Crippen LogP contribution in [0.1, 0.15) is 24.9 Å². The highest BCUT2D eigenvalue weighted by molar-refractivity contribution is 5.29. The Bertz CT molecular complexity index is 399. The second-order valence-corrected chi connectivity index (χ2v) is 4.57. The Labute approximate surface area is 109 Å². The van der Waals surface area contributed by atoms with Gasteiger partial charge >= 0.3 is 6.36 Å². The Kier molecular flexibility index (Phi) is 4.31. The summed E-state index contributed by atoms with van der Waals surface area (Å²) in [6, 6.07) is 6.29. The van der Waals surface area contributed by atoms with Gasteiger partial charge in [-0.25, -0.2) is 0 Å². The van der Waals surface area contributed by atoms with E-state index in [1.807, 2.05) is 6.92 Å². The van der Waals surface area contributed by atoms with Gasteiger partial charge in [-0.05, 0) is 31.0 Å². The van der Waals surface area contributed by atoms with E-state index in [4.69, 9.17) is 4.74 Å². The van der Waals surface area contributed by atoms with Crippen molar-refractivity contribution in [2.75, 3.05) is 13.2 Å². The fraction of sp³-hybridized carbons (Fsp3) is 0.538. The summed E-state index contributed by atoms with van der Waals surface area (Å²) in [6.45, 7) is 3.40. The number of rotatable bonds is 4. The molecule has 0 aliphatic carbocycles. The molecule has 1 heterocycles. The molecule has 2 unspecified atom stereocenters. The molecule has 0 aromatic heterocycles. The zero-order chi connectivity index (χ0) is 13.9. The molecule has 19 heavy (non-hydrogen) atoms. The molecule has 1 fully saturated rings. The fourth-order valence-corrected chi connectivity index (χ4v) is 2.07. The molecule has 3 nitrogen and oxygen atoms in total. The molecular formula is C13H16F3NO2. The first-order valence-electron chi connectivity index (χ1n) is 6.13. The lowest BCUT2D eigenvalue weighted by atomic mass is 10.1.